The van der Waals surface area contributed by atoms with Crippen molar-refractivity contribution < 1.29 is 9.18 Å². The van der Waals surface area contributed by atoms with Crippen LogP contribution in [0.3, 0.4) is 0 Å². The highest BCUT2D eigenvalue weighted by atomic mass is 32.2. The lowest BCUT2D eigenvalue weighted by Crippen LogP contribution is -2.32. The predicted molar refractivity (Wildman–Crippen MR) is 131 cm³/mol. The van der Waals surface area contributed by atoms with Gasteiger partial charge >= 0.3 is 0 Å². The monoisotopic (exact) mass is 464 g/mol. The molecule has 1 fully saturated rings. The van der Waals surface area contributed by atoms with Gasteiger partial charge in [0.25, 0.3) is 5.91 Å². The summed E-state index contributed by atoms with van der Waals surface area (Å²) in [6.07, 6.45) is 2.95. The van der Waals surface area contributed by atoms with Crippen molar-refractivity contribution >= 4 is 17.7 Å². The first kappa shape index (κ1) is 23.4. The van der Waals surface area contributed by atoms with Gasteiger partial charge in [-0.2, -0.15) is 0 Å². The molecule has 1 aliphatic heterocycles. The average Bonchev–Trinajstić information content (AvgIpc) is 3.17. The zero-order valence-corrected chi connectivity index (χ0v) is 20.0. The Morgan fingerprint density at radius 3 is 2.58 bits per heavy atom. The lowest BCUT2D eigenvalue weighted by atomic mass is 10.1. The third-order valence-corrected chi connectivity index (χ3v) is 6.83. The molecule has 1 amide bonds. The molecule has 172 valence electrons. The summed E-state index contributed by atoms with van der Waals surface area (Å²) in [6.45, 7) is 6.60. The lowest BCUT2D eigenvalue weighted by molar-refractivity contribution is 0.0942. The fraction of sp³-hybridized carbons (Fsp3) is 0.346. The molecule has 2 unspecified atom stereocenters. The molecular weight excluding hydrogens is 435 g/mol. The van der Waals surface area contributed by atoms with Gasteiger partial charge in [-0.1, -0.05) is 30.3 Å². The fourth-order valence-corrected chi connectivity index (χ4v) is 5.04. The third-order valence-electron chi connectivity index (χ3n) is 6.15. The minimum atomic E-state index is -0.305. The number of hydrogen-bond donors (Lipinski definition) is 1. The van der Waals surface area contributed by atoms with Gasteiger partial charge in [-0.3, -0.25) is 9.69 Å². The number of amides is 1. The smallest absolute Gasteiger partial charge is 0.255 e. The number of aromatic nitrogens is 2. The number of thioether (sulfide) groups is 1. The molecule has 7 heteroatoms. The van der Waals surface area contributed by atoms with Crippen LogP contribution in [-0.4, -0.2) is 46.2 Å². The van der Waals surface area contributed by atoms with Gasteiger partial charge in [-0.05, 0) is 62.3 Å². The molecule has 0 spiro atoms. The van der Waals surface area contributed by atoms with Crippen LogP contribution in [0.5, 0.6) is 0 Å². The number of carbonyl (C=O) groups excluding carboxylic acids is 1. The maximum absolute atomic E-state index is 13.3. The fourth-order valence-electron chi connectivity index (χ4n) is 4.41. The molecule has 3 aromatic rings. The molecule has 0 radical (unpaired) electrons. The van der Waals surface area contributed by atoms with Gasteiger partial charge in [0.2, 0.25) is 0 Å². The minimum absolute atomic E-state index is 0.142. The zero-order valence-electron chi connectivity index (χ0n) is 19.2. The number of aryl methyl sites for hydroxylation is 1. The van der Waals surface area contributed by atoms with E-state index in [2.05, 4.69) is 51.4 Å². The summed E-state index contributed by atoms with van der Waals surface area (Å²) < 4.78 is 13.3. The Kier molecular flexibility index (Phi) is 7.40. The summed E-state index contributed by atoms with van der Waals surface area (Å²) in [5.41, 5.74) is 3.17. The van der Waals surface area contributed by atoms with Gasteiger partial charge in [0.05, 0.1) is 11.3 Å². The lowest BCUT2D eigenvalue weighted by Gasteiger charge is -2.21. The summed E-state index contributed by atoms with van der Waals surface area (Å²) in [4.78, 5) is 24.7. The van der Waals surface area contributed by atoms with Crippen LogP contribution in [0.4, 0.5) is 4.39 Å². The predicted octanol–water partition coefficient (Wildman–Crippen LogP) is 4.95. The van der Waals surface area contributed by atoms with Crippen LogP contribution < -0.4 is 5.32 Å². The highest BCUT2D eigenvalue weighted by Gasteiger charge is 2.29. The van der Waals surface area contributed by atoms with Gasteiger partial charge in [0, 0.05) is 31.2 Å². The minimum Gasteiger partial charge on any atom is -0.352 e. The molecule has 0 saturated carbocycles. The third kappa shape index (κ3) is 5.60. The van der Waals surface area contributed by atoms with E-state index in [-0.39, 0.29) is 11.7 Å². The normalized spacial score (nSPS) is 18.4. The van der Waals surface area contributed by atoms with Crippen molar-refractivity contribution in [1.29, 1.82) is 0 Å². The van der Waals surface area contributed by atoms with E-state index in [4.69, 9.17) is 0 Å². The number of hydrogen-bond acceptors (Lipinski definition) is 5. The van der Waals surface area contributed by atoms with Gasteiger partial charge in [0.15, 0.2) is 5.82 Å². The Morgan fingerprint density at radius 2 is 1.88 bits per heavy atom. The van der Waals surface area contributed by atoms with E-state index >= 15 is 0 Å². The summed E-state index contributed by atoms with van der Waals surface area (Å²) in [6, 6.07) is 17.0. The first-order chi connectivity index (χ1) is 15.9. The highest BCUT2D eigenvalue weighted by Crippen LogP contribution is 2.27. The van der Waals surface area contributed by atoms with E-state index in [0.717, 1.165) is 25.1 Å². The van der Waals surface area contributed by atoms with Crippen molar-refractivity contribution in [3.63, 3.8) is 0 Å². The molecule has 0 bridgehead atoms. The largest absolute Gasteiger partial charge is 0.352 e. The molecule has 33 heavy (non-hydrogen) atoms. The number of likely N-dealkylation sites (tertiary alicyclic amines) is 1. The molecule has 1 N–H and O–H groups in total. The van der Waals surface area contributed by atoms with Crippen LogP contribution in [0.15, 0.2) is 59.6 Å². The number of carbonyl (C=O) groups is 1. The standard InChI is InChI=1S/C26H29FN4OS/c1-17-13-20(16-31(17)15-19-7-5-4-6-8-19)14-28-25(32)23-18(2)29-24(30-26(23)33-3)21-9-11-22(27)12-10-21/h4-12,17,20H,13-16H2,1-3H3,(H,28,32). The van der Waals surface area contributed by atoms with Crippen molar-refractivity contribution in [2.24, 2.45) is 5.92 Å². The van der Waals surface area contributed by atoms with E-state index in [9.17, 15) is 9.18 Å². The first-order valence-electron chi connectivity index (χ1n) is 11.2. The maximum atomic E-state index is 13.3. The molecular formula is C26H29FN4OS. The molecule has 2 aromatic carbocycles. The van der Waals surface area contributed by atoms with E-state index < -0.39 is 0 Å². The highest BCUT2D eigenvalue weighted by molar-refractivity contribution is 7.98. The van der Waals surface area contributed by atoms with Gasteiger partial charge in [-0.15, -0.1) is 11.8 Å². The second-order valence-corrected chi connectivity index (χ2v) is 9.39. The van der Waals surface area contributed by atoms with Crippen molar-refractivity contribution in [3.05, 3.63) is 77.2 Å². The Balaban J connectivity index is 1.41. The first-order valence-corrected chi connectivity index (χ1v) is 12.4. The molecule has 5 nitrogen and oxygen atoms in total. The SMILES string of the molecule is CSc1nc(-c2ccc(F)cc2)nc(C)c1C(=O)NCC1CC(C)N(Cc2ccccc2)C1. The number of nitrogens with zero attached hydrogens (tertiary/aromatic N) is 3. The van der Waals surface area contributed by atoms with Gasteiger partial charge in [0.1, 0.15) is 10.8 Å². The van der Waals surface area contributed by atoms with Crippen molar-refractivity contribution in [1.82, 2.24) is 20.2 Å². The second-order valence-electron chi connectivity index (χ2n) is 8.60. The molecule has 1 aromatic heterocycles. The molecule has 2 atom stereocenters. The molecule has 2 heterocycles. The van der Waals surface area contributed by atoms with Gasteiger partial charge < -0.3 is 5.32 Å². The maximum Gasteiger partial charge on any atom is 0.255 e. The van der Waals surface area contributed by atoms with Crippen molar-refractivity contribution in [2.45, 2.75) is 37.9 Å². The zero-order chi connectivity index (χ0) is 23.4. The number of rotatable bonds is 7. The van der Waals surface area contributed by atoms with Crippen molar-refractivity contribution in [3.8, 4) is 11.4 Å². The molecule has 0 aliphatic carbocycles. The summed E-state index contributed by atoms with van der Waals surface area (Å²) >= 11 is 1.42. The quantitative estimate of drug-likeness (QED) is 0.396. The summed E-state index contributed by atoms with van der Waals surface area (Å²) in [7, 11) is 0. The topological polar surface area (TPSA) is 58.1 Å². The number of nitrogens with one attached hydrogen (secondary N) is 1. The Bertz CT molecular complexity index is 1110. The van der Waals surface area contributed by atoms with Crippen LogP contribution in [-0.2, 0) is 6.54 Å². The van der Waals surface area contributed by atoms with Crippen LogP contribution in [0, 0.1) is 18.7 Å². The van der Waals surface area contributed by atoms with E-state index in [1.807, 2.05) is 19.2 Å². The van der Waals surface area contributed by atoms with Gasteiger partial charge in [-0.25, -0.2) is 14.4 Å². The van der Waals surface area contributed by atoms with Crippen molar-refractivity contribution in [2.75, 3.05) is 19.3 Å². The summed E-state index contributed by atoms with van der Waals surface area (Å²) in [5, 5.41) is 3.75. The molecule has 1 saturated heterocycles. The van der Waals surface area contributed by atoms with Crippen LogP contribution >= 0.6 is 11.8 Å². The second kappa shape index (κ2) is 10.4. The van der Waals surface area contributed by atoms with E-state index in [1.54, 1.807) is 12.1 Å². The summed E-state index contributed by atoms with van der Waals surface area (Å²) in [5.74, 6) is 0.455. The van der Waals surface area contributed by atoms with Crippen LogP contribution in [0.1, 0.15) is 35.0 Å². The Labute approximate surface area is 198 Å². The van der Waals surface area contributed by atoms with Crippen LogP contribution in [0.25, 0.3) is 11.4 Å². The van der Waals surface area contributed by atoms with E-state index in [0.29, 0.717) is 40.6 Å². The Morgan fingerprint density at radius 1 is 1.15 bits per heavy atom. The number of benzene rings is 2. The molecule has 4 rings (SSSR count). The number of halogens is 1. The Hall–Kier alpha value is -2.77. The average molecular weight is 465 g/mol. The van der Waals surface area contributed by atoms with Crippen LogP contribution in [0.2, 0.25) is 0 Å². The molecule has 1 aliphatic rings. The van der Waals surface area contributed by atoms with E-state index in [1.165, 1.54) is 29.5 Å².